The Balaban J connectivity index is 1.88. The first-order valence-corrected chi connectivity index (χ1v) is 11.5. The number of allylic oxidation sites excluding steroid dienone is 1. The van der Waals surface area contributed by atoms with Crippen molar-refractivity contribution in [2.24, 2.45) is 0 Å². The van der Waals surface area contributed by atoms with Gasteiger partial charge in [-0.3, -0.25) is 0 Å². The molecule has 4 nitrogen and oxygen atoms in total. The van der Waals surface area contributed by atoms with Crippen LogP contribution in [-0.4, -0.2) is 19.8 Å². The van der Waals surface area contributed by atoms with Crippen LogP contribution in [0.3, 0.4) is 0 Å². The summed E-state index contributed by atoms with van der Waals surface area (Å²) in [4.78, 5) is 0. The molecule has 5 heteroatoms. The number of nitrogens with one attached hydrogen (secondary N) is 2. The molecule has 0 spiro atoms. The summed E-state index contributed by atoms with van der Waals surface area (Å²) < 4.78 is 11.3. The second kappa shape index (κ2) is 9.03. The van der Waals surface area contributed by atoms with Crippen molar-refractivity contribution < 1.29 is 9.47 Å². The van der Waals surface area contributed by atoms with Crippen molar-refractivity contribution in [3.63, 3.8) is 0 Å². The van der Waals surface area contributed by atoms with Gasteiger partial charge in [0.05, 0.1) is 25.4 Å². The van der Waals surface area contributed by atoms with Gasteiger partial charge < -0.3 is 20.1 Å². The first kappa shape index (κ1) is 23.1. The Kier molecular flexibility index (Phi) is 6.31. The lowest BCUT2D eigenvalue weighted by atomic mass is 9.85. The minimum atomic E-state index is -0.114. The van der Waals surface area contributed by atoms with Crippen LogP contribution in [0.5, 0.6) is 11.5 Å². The van der Waals surface area contributed by atoms with E-state index in [1.807, 2.05) is 24.3 Å². The van der Waals surface area contributed by atoms with Gasteiger partial charge in [-0.2, -0.15) is 0 Å². The molecule has 0 amide bonds. The van der Waals surface area contributed by atoms with E-state index in [1.54, 1.807) is 14.2 Å². The summed E-state index contributed by atoms with van der Waals surface area (Å²) >= 11 is 6.40. The highest BCUT2D eigenvalue weighted by molar-refractivity contribution is 6.31. The van der Waals surface area contributed by atoms with Crippen molar-refractivity contribution in [1.82, 2.24) is 0 Å². The number of hydrogen-bond donors (Lipinski definition) is 2. The topological polar surface area (TPSA) is 42.5 Å². The first-order chi connectivity index (χ1) is 15.7. The largest absolute Gasteiger partial charge is 0.496 e. The van der Waals surface area contributed by atoms with Gasteiger partial charge in [-0.15, -0.1) is 0 Å². The van der Waals surface area contributed by atoms with Crippen LogP contribution in [0.15, 0.2) is 54.6 Å². The average molecular weight is 463 g/mol. The fraction of sp³-hybridized carbons (Fsp3) is 0.286. The van der Waals surface area contributed by atoms with E-state index in [2.05, 4.69) is 68.7 Å². The van der Waals surface area contributed by atoms with E-state index in [0.717, 1.165) is 34.0 Å². The van der Waals surface area contributed by atoms with Crippen molar-refractivity contribution >= 4 is 28.5 Å². The molecular weight excluding hydrogens is 432 g/mol. The summed E-state index contributed by atoms with van der Waals surface area (Å²) in [6.45, 7) is 9.24. The molecule has 0 radical (unpaired) electrons. The van der Waals surface area contributed by atoms with Crippen molar-refractivity contribution in [1.29, 1.82) is 0 Å². The summed E-state index contributed by atoms with van der Waals surface area (Å²) in [6.07, 6.45) is 2.28. The van der Waals surface area contributed by atoms with Crippen molar-refractivity contribution in [2.75, 3.05) is 24.9 Å². The highest BCUT2D eigenvalue weighted by Gasteiger charge is 2.26. The van der Waals surface area contributed by atoms with Crippen LogP contribution in [0.2, 0.25) is 5.02 Å². The van der Waals surface area contributed by atoms with Gasteiger partial charge in [-0.25, -0.2) is 0 Å². The molecule has 2 N–H and O–H groups in total. The number of aryl methyl sites for hydroxylation is 1. The van der Waals surface area contributed by atoms with E-state index in [0.29, 0.717) is 11.6 Å². The molecule has 0 atom stereocenters. The second-order valence-corrected chi connectivity index (χ2v) is 9.53. The van der Waals surface area contributed by atoms with E-state index < -0.39 is 0 Å². The molecule has 1 aliphatic heterocycles. The van der Waals surface area contributed by atoms with E-state index in [1.165, 1.54) is 22.3 Å². The van der Waals surface area contributed by atoms with Gasteiger partial charge in [0.25, 0.3) is 0 Å². The fourth-order valence-corrected chi connectivity index (χ4v) is 4.84. The SMILES string of the molecule is COc1ccc(C)cc1NCc1c(-c2cc(Cl)ccc2OC)ccc2c1C(C)=CC(C)(C)N2. The maximum absolute atomic E-state index is 6.40. The van der Waals surface area contributed by atoms with Crippen LogP contribution in [0.4, 0.5) is 11.4 Å². The van der Waals surface area contributed by atoms with E-state index in [-0.39, 0.29) is 5.54 Å². The van der Waals surface area contributed by atoms with Gasteiger partial charge in [0, 0.05) is 28.4 Å². The number of hydrogen-bond acceptors (Lipinski definition) is 4. The zero-order valence-corrected chi connectivity index (χ0v) is 20.9. The smallest absolute Gasteiger partial charge is 0.141 e. The summed E-state index contributed by atoms with van der Waals surface area (Å²) in [5, 5.41) is 7.97. The third-order valence-electron chi connectivity index (χ3n) is 6.00. The molecule has 0 unspecified atom stereocenters. The zero-order chi connectivity index (χ0) is 23.8. The Morgan fingerprint density at radius 3 is 2.36 bits per heavy atom. The summed E-state index contributed by atoms with van der Waals surface area (Å²) in [7, 11) is 3.39. The van der Waals surface area contributed by atoms with Crippen LogP contribution in [-0.2, 0) is 6.54 Å². The van der Waals surface area contributed by atoms with Crippen LogP contribution in [0.25, 0.3) is 16.7 Å². The summed E-state index contributed by atoms with van der Waals surface area (Å²) in [6, 6.07) is 16.2. The Labute approximate surface area is 201 Å². The molecule has 4 rings (SSSR count). The molecule has 0 aliphatic carbocycles. The number of anilines is 2. The number of methoxy groups -OCH3 is 2. The predicted octanol–water partition coefficient (Wildman–Crippen LogP) is 7.55. The Hall–Kier alpha value is -3.11. The Morgan fingerprint density at radius 1 is 0.909 bits per heavy atom. The second-order valence-electron chi connectivity index (χ2n) is 9.09. The number of halogens is 1. The van der Waals surface area contributed by atoms with E-state index >= 15 is 0 Å². The molecule has 3 aromatic rings. The van der Waals surface area contributed by atoms with Gasteiger partial charge in [-0.1, -0.05) is 29.8 Å². The van der Waals surface area contributed by atoms with Gasteiger partial charge >= 0.3 is 0 Å². The molecule has 0 fully saturated rings. The molecule has 1 aliphatic rings. The van der Waals surface area contributed by atoms with Gasteiger partial charge in [0.1, 0.15) is 11.5 Å². The number of rotatable bonds is 6. The molecule has 172 valence electrons. The lowest BCUT2D eigenvalue weighted by Gasteiger charge is -2.33. The normalized spacial score (nSPS) is 14.1. The Bertz CT molecular complexity index is 1230. The lowest BCUT2D eigenvalue weighted by Crippen LogP contribution is -2.32. The van der Waals surface area contributed by atoms with Crippen LogP contribution in [0, 0.1) is 6.92 Å². The first-order valence-electron chi connectivity index (χ1n) is 11.1. The zero-order valence-electron chi connectivity index (χ0n) is 20.1. The average Bonchev–Trinajstić information content (AvgIpc) is 2.76. The third-order valence-corrected chi connectivity index (χ3v) is 6.24. The molecule has 0 aromatic heterocycles. The van der Waals surface area contributed by atoms with Crippen LogP contribution < -0.4 is 20.1 Å². The van der Waals surface area contributed by atoms with Crippen molar-refractivity contribution in [2.45, 2.75) is 39.8 Å². The molecule has 1 heterocycles. The number of fused-ring (bicyclic) bond motifs is 1. The predicted molar refractivity (Wildman–Crippen MR) is 140 cm³/mol. The maximum atomic E-state index is 6.40. The van der Waals surface area contributed by atoms with Gasteiger partial charge in [0.15, 0.2) is 0 Å². The van der Waals surface area contributed by atoms with Crippen molar-refractivity contribution in [3.05, 3.63) is 76.3 Å². The molecule has 0 saturated heterocycles. The minimum Gasteiger partial charge on any atom is -0.496 e. The standard InChI is InChI=1S/C28H31ClN2O2/c1-17-7-11-26(33-6)24(13-17)30-16-22-20(21-14-19(29)8-12-25(21)32-5)9-10-23-27(22)18(2)15-28(3,4)31-23/h7-15,30-31H,16H2,1-6H3. The summed E-state index contributed by atoms with van der Waals surface area (Å²) in [5.41, 5.74) is 8.81. The molecule has 0 bridgehead atoms. The molecular formula is C28H31ClN2O2. The van der Waals surface area contributed by atoms with Gasteiger partial charge in [0.2, 0.25) is 0 Å². The highest BCUT2D eigenvalue weighted by Crippen LogP contribution is 2.43. The minimum absolute atomic E-state index is 0.114. The maximum Gasteiger partial charge on any atom is 0.141 e. The number of ether oxygens (including phenoxy) is 2. The lowest BCUT2D eigenvalue weighted by molar-refractivity contribution is 0.416. The fourth-order valence-electron chi connectivity index (χ4n) is 4.67. The van der Waals surface area contributed by atoms with Crippen LogP contribution >= 0.6 is 11.6 Å². The Morgan fingerprint density at radius 2 is 1.64 bits per heavy atom. The van der Waals surface area contributed by atoms with Crippen LogP contribution in [0.1, 0.15) is 37.5 Å². The molecule has 33 heavy (non-hydrogen) atoms. The molecule has 3 aromatic carbocycles. The monoisotopic (exact) mass is 462 g/mol. The van der Waals surface area contributed by atoms with Crippen molar-refractivity contribution in [3.8, 4) is 22.6 Å². The third kappa shape index (κ3) is 4.67. The quantitative estimate of drug-likeness (QED) is 0.396. The highest BCUT2D eigenvalue weighted by atomic mass is 35.5. The summed E-state index contributed by atoms with van der Waals surface area (Å²) in [5.74, 6) is 1.61. The van der Waals surface area contributed by atoms with E-state index in [9.17, 15) is 0 Å². The van der Waals surface area contributed by atoms with E-state index in [4.69, 9.17) is 21.1 Å². The number of benzene rings is 3. The van der Waals surface area contributed by atoms with Gasteiger partial charge in [-0.05, 0) is 86.4 Å². The molecule has 0 saturated carbocycles.